The van der Waals surface area contributed by atoms with Crippen molar-refractivity contribution in [2.75, 3.05) is 13.2 Å². The summed E-state index contributed by atoms with van der Waals surface area (Å²) < 4.78 is 150. The Bertz CT molecular complexity index is 1040. The lowest BCUT2D eigenvalue weighted by Crippen LogP contribution is -2.58. The van der Waals surface area contributed by atoms with Gasteiger partial charge in [0, 0.05) is 10.8 Å². The Morgan fingerprint density at radius 3 is 1.66 bits per heavy atom. The summed E-state index contributed by atoms with van der Waals surface area (Å²) in [7, 11) is -6.65. The van der Waals surface area contributed by atoms with Crippen LogP contribution in [0.25, 0.3) is 0 Å². The number of halogens is 8. The minimum absolute atomic E-state index is 0.112. The molecule has 4 saturated carbocycles. The van der Waals surface area contributed by atoms with Crippen LogP contribution in [0.5, 0.6) is 0 Å². The van der Waals surface area contributed by atoms with Gasteiger partial charge in [0.1, 0.15) is 0 Å². The monoisotopic (exact) mass is 612 g/mol. The van der Waals surface area contributed by atoms with Crippen LogP contribution < -0.4 is 0 Å². The van der Waals surface area contributed by atoms with E-state index < -0.39 is 80.5 Å². The molecular formula is C18H20F8O10S2. The van der Waals surface area contributed by atoms with Gasteiger partial charge in [-0.3, -0.25) is 4.55 Å². The van der Waals surface area contributed by atoms with E-state index in [1.807, 2.05) is 0 Å². The van der Waals surface area contributed by atoms with Crippen LogP contribution in [0.2, 0.25) is 0 Å². The average Bonchev–Trinajstić information content (AvgIpc) is 2.75. The van der Waals surface area contributed by atoms with E-state index in [0.29, 0.717) is 6.42 Å². The predicted molar refractivity (Wildman–Crippen MR) is 105 cm³/mol. The molecule has 4 atom stereocenters. The molecule has 4 unspecified atom stereocenters. The highest BCUT2D eigenvalue weighted by molar-refractivity contribution is 7.96. The van der Waals surface area contributed by atoms with Gasteiger partial charge < -0.3 is 9.47 Å². The molecule has 4 fully saturated rings. The van der Waals surface area contributed by atoms with Gasteiger partial charge in [0.05, 0.1) is 25.3 Å². The SMILES string of the molecule is O=C(OCC12CC3CC(C1)CC(COC(=O)C(F)(C(F)(F)F)S(=O)(=O)O)(C3)C2)C(F)(SOOO)C(F)(F)F. The van der Waals surface area contributed by atoms with Crippen molar-refractivity contribution in [3.05, 3.63) is 0 Å². The Balaban J connectivity index is 1.76. The second-order valence-electron chi connectivity index (χ2n) is 10.0. The zero-order valence-electron chi connectivity index (χ0n) is 18.8. The van der Waals surface area contributed by atoms with Gasteiger partial charge in [-0.1, -0.05) is 5.04 Å². The van der Waals surface area contributed by atoms with Gasteiger partial charge in [0.15, 0.2) is 0 Å². The van der Waals surface area contributed by atoms with Crippen LogP contribution in [0, 0.1) is 22.7 Å². The van der Waals surface area contributed by atoms with E-state index in [1.54, 1.807) is 0 Å². The second kappa shape index (κ2) is 9.86. The summed E-state index contributed by atoms with van der Waals surface area (Å²) in [5.74, 6) is -5.82. The molecule has 0 heterocycles. The van der Waals surface area contributed by atoms with Crippen molar-refractivity contribution in [2.24, 2.45) is 22.7 Å². The standard InChI is InChI=1S/C18H20F8O10S2/c19-15(17(21,22)23,37-36-35-29)11(27)33-7-13-2-9-1-10(3-13)5-14(4-9,6-13)8-34-12(28)16(20,18(24,25)26)38(30,31)32/h9-10,29H,1-8H2,(H,30,31,32). The fourth-order valence-corrected chi connectivity index (χ4v) is 7.14. The Morgan fingerprint density at radius 2 is 1.29 bits per heavy atom. The van der Waals surface area contributed by atoms with Crippen molar-refractivity contribution >= 4 is 34.1 Å². The number of hydrogen-bond acceptors (Lipinski definition) is 10. The maximum absolute atomic E-state index is 14.4. The normalized spacial score (nSPS) is 32.4. The minimum Gasteiger partial charge on any atom is -0.462 e. The summed E-state index contributed by atoms with van der Waals surface area (Å²) in [5, 5.41) is 0.373. The Hall–Kier alpha value is -1.48. The molecule has 4 aliphatic carbocycles. The van der Waals surface area contributed by atoms with Crippen molar-refractivity contribution in [1.82, 2.24) is 0 Å². The molecule has 0 saturated heterocycles. The molecule has 0 radical (unpaired) electrons. The molecule has 38 heavy (non-hydrogen) atoms. The van der Waals surface area contributed by atoms with E-state index in [4.69, 9.17) is 9.81 Å². The van der Waals surface area contributed by atoms with Gasteiger partial charge in [-0.25, -0.2) is 23.6 Å². The summed E-state index contributed by atoms with van der Waals surface area (Å²) in [4.78, 5) is 24.0. The fourth-order valence-electron chi connectivity index (χ4n) is 6.24. The maximum Gasteiger partial charge on any atom is 0.451 e. The van der Waals surface area contributed by atoms with Gasteiger partial charge in [-0.2, -0.15) is 34.8 Å². The van der Waals surface area contributed by atoms with Crippen molar-refractivity contribution in [1.29, 1.82) is 0 Å². The number of rotatable bonds is 10. The van der Waals surface area contributed by atoms with Crippen molar-refractivity contribution in [3.63, 3.8) is 0 Å². The fraction of sp³-hybridized carbons (Fsp3) is 0.889. The highest BCUT2D eigenvalue weighted by Gasteiger charge is 2.73. The number of ether oxygens (including phenoxy) is 2. The molecule has 220 valence electrons. The third-order valence-electron chi connectivity index (χ3n) is 7.11. The highest BCUT2D eigenvalue weighted by atomic mass is 32.2. The van der Waals surface area contributed by atoms with Crippen molar-refractivity contribution in [3.8, 4) is 0 Å². The van der Waals surface area contributed by atoms with Crippen LogP contribution in [0.15, 0.2) is 0 Å². The number of carbonyl (C=O) groups is 2. The molecule has 0 spiro atoms. The molecule has 0 aliphatic heterocycles. The molecule has 2 N–H and O–H groups in total. The quantitative estimate of drug-likeness (QED) is 0.0920. The molecule has 4 aliphatic rings. The third-order valence-corrected chi connectivity index (χ3v) is 8.98. The van der Waals surface area contributed by atoms with E-state index in [0.717, 1.165) is 0 Å². The lowest BCUT2D eigenvalue weighted by molar-refractivity contribution is -0.433. The van der Waals surface area contributed by atoms with E-state index in [-0.39, 0.29) is 43.9 Å². The molecule has 4 bridgehead atoms. The molecule has 10 nitrogen and oxygen atoms in total. The minimum atomic E-state index is -6.65. The van der Waals surface area contributed by atoms with Gasteiger partial charge >= 0.3 is 44.4 Å². The summed E-state index contributed by atoms with van der Waals surface area (Å²) >= 11 is -1.22. The second-order valence-corrected chi connectivity index (χ2v) is 12.4. The first-order chi connectivity index (χ1) is 17.1. The third kappa shape index (κ3) is 5.43. The van der Waals surface area contributed by atoms with Crippen LogP contribution in [0.3, 0.4) is 0 Å². The number of carbonyl (C=O) groups excluding carboxylic acids is 2. The zero-order valence-corrected chi connectivity index (χ0v) is 20.4. The summed E-state index contributed by atoms with van der Waals surface area (Å²) in [5.41, 5.74) is -2.30. The van der Waals surface area contributed by atoms with Gasteiger partial charge in [0.2, 0.25) is 0 Å². The van der Waals surface area contributed by atoms with Crippen LogP contribution in [0.1, 0.15) is 38.5 Å². The van der Waals surface area contributed by atoms with E-state index >= 15 is 0 Å². The molecule has 4 rings (SSSR count). The lowest BCUT2D eigenvalue weighted by Gasteiger charge is -2.61. The number of esters is 2. The van der Waals surface area contributed by atoms with Crippen LogP contribution in [-0.4, -0.2) is 65.7 Å². The molecular weight excluding hydrogens is 592 g/mol. The largest absolute Gasteiger partial charge is 0.462 e. The average molecular weight is 612 g/mol. The lowest BCUT2D eigenvalue weighted by atomic mass is 9.44. The topological polar surface area (TPSA) is 146 Å². The summed E-state index contributed by atoms with van der Waals surface area (Å²) in [6.07, 6.45) is -10.9. The zero-order chi connectivity index (χ0) is 29.0. The molecule has 0 aromatic carbocycles. The molecule has 0 amide bonds. The van der Waals surface area contributed by atoms with Gasteiger partial charge in [-0.05, 0) is 50.4 Å². The Kier molecular flexibility index (Phi) is 8.06. The summed E-state index contributed by atoms with van der Waals surface area (Å²) in [6.45, 7) is -1.71. The Labute approximate surface area is 213 Å². The smallest absolute Gasteiger partial charge is 0.451 e. The number of alkyl halides is 8. The first-order valence-corrected chi connectivity index (χ1v) is 12.8. The van der Waals surface area contributed by atoms with Crippen LogP contribution >= 0.6 is 12.0 Å². The Morgan fingerprint density at radius 1 is 0.842 bits per heavy atom. The van der Waals surface area contributed by atoms with Gasteiger partial charge in [0.25, 0.3) is 0 Å². The van der Waals surface area contributed by atoms with E-state index in [2.05, 4.69) is 18.8 Å². The molecule has 0 aromatic heterocycles. The van der Waals surface area contributed by atoms with Crippen LogP contribution in [-0.2, 0) is 38.6 Å². The van der Waals surface area contributed by atoms with Gasteiger partial charge in [-0.15, -0.1) is 4.33 Å². The predicted octanol–water partition coefficient (Wildman–Crippen LogP) is 4.07. The summed E-state index contributed by atoms with van der Waals surface area (Å²) in [6, 6.07) is 0. The molecule has 0 aromatic rings. The van der Waals surface area contributed by atoms with Crippen molar-refractivity contribution < 1.29 is 81.8 Å². The van der Waals surface area contributed by atoms with E-state index in [9.17, 15) is 53.1 Å². The van der Waals surface area contributed by atoms with E-state index in [1.165, 1.54) is 0 Å². The highest BCUT2D eigenvalue weighted by Crippen LogP contribution is 2.65. The number of hydrogen-bond donors (Lipinski definition) is 2. The molecule has 20 heteroatoms. The first kappa shape index (κ1) is 31.1. The maximum atomic E-state index is 14.4. The van der Waals surface area contributed by atoms with Crippen molar-refractivity contribution in [2.45, 2.75) is 60.9 Å². The van der Waals surface area contributed by atoms with Crippen LogP contribution in [0.4, 0.5) is 35.1 Å². The first-order valence-electron chi connectivity index (χ1n) is 10.6.